The number of sulfone groups is 1. The van der Waals surface area contributed by atoms with Crippen LogP contribution in [0.25, 0.3) is 0 Å². The molecule has 1 saturated carbocycles. The van der Waals surface area contributed by atoms with Crippen LogP contribution in [0.1, 0.15) is 6.42 Å². The molecule has 0 heterocycles. The second kappa shape index (κ2) is 3.12. The molecule has 1 aliphatic rings. The van der Waals surface area contributed by atoms with Gasteiger partial charge in [-0.3, -0.25) is 0 Å². The van der Waals surface area contributed by atoms with E-state index in [1.165, 1.54) is 0 Å². The number of halogens is 2. The maximum absolute atomic E-state index is 11.8. The Hall–Kier alpha value is -0.250. The molecule has 76 valence electrons. The standard InChI is InChI=1S/C9H8Cl2O2S/c10-9(11)6-8(9)14(12,13)7-4-2-1-3-5-7/h1-5,8H,6H2/t8-/m0/s1. The van der Waals surface area contributed by atoms with E-state index in [1.54, 1.807) is 30.3 Å². The fraction of sp³-hybridized carbons (Fsp3) is 0.333. The number of hydrogen-bond acceptors (Lipinski definition) is 2. The summed E-state index contributed by atoms with van der Waals surface area (Å²) in [5, 5.41) is -0.652. The molecular weight excluding hydrogens is 243 g/mol. The number of hydrogen-bond donors (Lipinski definition) is 0. The van der Waals surface area contributed by atoms with Gasteiger partial charge >= 0.3 is 0 Å². The minimum Gasteiger partial charge on any atom is -0.223 e. The van der Waals surface area contributed by atoms with Crippen molar-refractivity contribution in [1.82, 2.24) is 0 Å². The highest BCUT2D eigenvalue weighted by molar-refractivity contribution is 7.92. The molecule has 0 radical (unpaired) electrons. The van der Waals surface area contributed by atoms with E-state index in [1.807, 2.05) is 0 Å². The molecule has 1 aromatic carbocycles. The van der Waals surface area contributed by atoms with E-state index >= 15 is 0 Å². The zero-order valence-corrected chi connectivity index (χ0v) is 9.48. The van der Waals surface area contributed by atoms with E-state index in [9.17, 15) is 8.42 Å². The molecule has 1 aromatic rings. The summed E-state index contributed by atoms with van der Waals surface area (Å²) in [5.74, 6) is 0. The Kier molecular flexibility index (Phi) is 2.29. The lowest BCUT2D eigenvalue weighted by atomic mass is 10.4. The molecular formula is C9H8Cl2O2S. The van der Waals surface area contributed by atoms with Crippen molar-refractivity contribution in [2.45, 2.75) is 20.9 Å². The highest BCUT2D eigenvalue weighted by Gasteiger charge is 2.59. The second-order valence-corrected chi connectivity index (χ2v) is 6.98. The Balaban J connectivity index is 2.37. The topological polar surface area (TPSA) is 34.1 Å². The molecule has 0 unspecified atom stereocenters. The van der Waals surface area contributed by atoms with Gasteiger partial charge in [-0.15, -0.1) is 23.2 Å². The Morgan fingerprint density at radius 1 is 1.21 bits per heavy atom. The summed E-state index contributed by atoms with van der Waals surface area (Å²) >= 11 is 11.5. The predicted molar refractivity (Wildman–Crippen MR) is 56.5 cm³/mol. The van der Waals surface area contributed by atoms with Gasteiger partial charge in [-0.1, -0.05) is 18.2 Å². The molecule has 0 N–H and O–H groups in total. The van der Waals surface area contributed by atoms with Crippen LogP contribution in [0.15, 0.2) is 35.2 Å². The van der Waals surface area contributed by atoms with Gasteiger partial charge in [0.15, 0.2) is 9.84 Å². The zero-order valence-electron chi connectivity index (χ0n) is 7.15. The van der Waals surface area contributed by atoms with Crippen LogP contribution in [0.5, 0.6) is 0 Å². The van der Waals surface area contributed by atoms with E-state index in [2.05, 4.69) is 0 Å². The molecule has 14 heavy (non-hydrogen) atoms. The van der Waals surface area contributed by atoms with Crippen LogP contribution in [0.3, 0.4) is 0 Å². The van der Waals surface area contributed by atoms with Crippen LogP contribution in [0.4, 0.5) is 0 Å². The van der Waals surface area contributed by atoms with E-state index < -0.39 is 19.4 Å². The zero-order chi connectivity index (χ0) is 10.4. The smallest absolute Gasteiger partial charge is 0.184 e. The predicted octanol–water partition coefficient (Wildman–Crippen LogP) is 2.41. The van der Waals surface area contributed by atoms with Crippen molar-refractivity contribution in [1.29, 1.82) is 0 Å². The Labute approximate surface area is 92.8 Å². The van der Waals surface area contributed by atoms with Gasteiger partial charge in [-0.05, 0) is 12.1 Å². The highest BCUT2D eigenvalue weighted by Crippen LogP contribution is 2.52. The summed E-state index contributed by atoms with van der Waals surface area (Å²) in [5.41, 5.74) is 0. The Morgan fingerprint density at radius 3 is 2.14 bits per heavy atom. The second-order valence-electron chi connectivity index (χ2n) is 3.31. The molecule has 5 heteroatoms. The first kappa shape index (κ1) is 10.3. The van der Waals surface area contributed by atoms with Crippen LogP contribution >= 0.6 is 23.2 Å². The summed E-state index contributed by atoms with van der Waals surface area (Å²) < 4.78 is 22.6. The van der Waals surface area contributed by atoms with E-state index in [4.69, 9.17) is 23.2 Å². The number of alkyl halides is 2. The van der Waals surface area contributed by atoms with Crippen molar-refractivity contribution < 1.29 is 8.42 Å². The molecule has 0 bridgehead atoms. The molecule has 2 rings (SSSR count). The van der Waals surface area contributed by atoms with Crippen LogP contribution in [0.2, 0.25) is 0 Å². The van der Waals surface area contributed by atoms with Crippen LogP contribution in [-0.2, 0) is 9.84 Å². The van der Waals surface area contributed by atoms with E-state index in [0.717, 1.165) is 0 Å². The van der Waals surface area contributed by atoms with Crippen LogP contribution < -0.4 is 0 Å². The average Bonchev–Trinajstić information content (AvgIpc) is 2.78. The molecule has 1 fully saturated rings. The van der Waals surface area contributed by atoms with Crippen molar-refractivity contribution in [2.75, 3.05) is 0 Å². The molecule has 0 spiro atoms. The fourth-order valence-electron chi connectivity index (χ4n) is 1.30. The van der Waals surface area contributed by atoms with E-state index in [-0.39, 0.29) is 4.90 Å². The van der Waals surface area contributed by atoms with Gasteiger partial charge in [0.25, 0.3) is 0 Å². The van der Waals surface area contributed by atoms with Gasteiger partial charge in [-0.25, -0.2) is 8.42 Å². The average molecular weight is 251 g/mol. The van der Waals surface area contributed by atoms with Gasteiger partial charge in [-0.2, -0.15) is 0 Å². The Morgan fingerprint density at radius 2 is 1.71 bits per heavy atom. The first-order valence-electron chi connectivity index (χ1n) is 4.11. The number of benzene rings is 1. The Bertz CT molecular complexity index is 439. The third-order valence-corrected chi connectivity index (χ3v) is 5.56. The summed E-state index contributed by atoms with van der Waals surface area (Å²) in [6.07, 6.45) is 0.313. The molecule has 0 aliphatic heterocycles. The third kappa shape index (κ3) is 1.64. The summed E-state index contributed by atoms with van der Waals surface area (Å²) in [4.78, 5) is 0.285. The summed E-state index contributed by atoms with van der Waals surface area (Å²) in [7, 11) is -3.34. The quantitative estimate of drug-likeness (QED) is 0.756. The lowest BCUT2D eigenvalue weighted by Crippen LogP contribution is -2.12. The van der Waals surface area contributed by atoms with Crippen LogP contribution in [0, 0.1) is 0 Å². The van der Waals surface area contributed by atoms with Gasteiger partial charge < -0.3 is 0 Å². The lowest BCUT2D eigenvalue weighted by Gasteiger charge is -2.03. The molecule has 0 amide bonds. The molecule has 0 aromatic heterocycles. The minimum absolute atomic E-state index is 0.285. The summed E-state index contributed by atoms with van der Waals surface area (Å²) in [6.45, 7) is 0. The van der Waals surface area contributed by atoms with Crippen molar-refractivity contribution in [3.05, 3.63) is 30.3 Å². The van der Waals surface area contributed by atoms with Gasteiger partial charge in [0.2, 0.25) is 0 Å². The minimum atomic E-state index is -3.34. The van der Waals surface area contributed by atoms with Crippen molar-refractivity contribution in [3.8, 4) is 0 Å². The van der Waals surface area contributed by atoms with Crippen molar-refractivity contribution in [3.63, 3.8) is 0 Å². The fourth-order valence-corrected chi connectivity index (χ4v) is 4.30. The molecule has 1 aliphatic carbocycles. The normalized spacial score (nSPS) is 24.6. The van der Waals surface area contributed by atoms with Gasteiger partial charge in [0.05, 0.1) is 4.90 Å². The van der Waals surface area contributed by atoms with Gasteiger partial charge in [0, 0.05) is 6.42 Å². The SMILES string of the molecule is O=S(=O)(c1ccccc1)[C@H]1CC1(Cl)Cl. The third-order valence-electron chi connectivity index (χ3n) is 2.21. The monoisotopic (exact) mass is 250 g/mol. The number of rotatable bonds is 2. The molecule has 0 saturated heterocycles. The van der Waals surface area contributed by atoms with Crippen molar-refractivity contribution >= 4 is 33.0 Å². The maximum Gasteiger partial charge on any atom is 0.184 e. The largest absolute Gasteiger partial charge is 0.223 e. The highest BCUT2D eigenvalue weighted by atomic mass is 35.5. The first-order valence-corrected chi connectivity index (χ1v) is 6.41. The van der Waals surface area contributed by atoms with Gasteiger partial charge in [0.1, 0.15) is 9.58 Å². The van der Waals surface area contributed by atoms with E-state index in [0.29, 0.717) is 6.42 Å². The van der Waals surface area contributed by atoms with Crippen molar-refractivity contribution in [2.24, 2.45) is 0 Å². The molecule has 2 nitrogen and oxygen atoms in total. The lowest BCUT2D eigenvalue weighted by molar-refractivity contribution is 0.594. The first-order chi connectivity index (χ1) is 6.44. The maximum atomic E-state index is 11.8. The summed E-state index contributed by atoms with van der Waals surface area (Å²) in [6, 6.07) is 8.23. The van der Waals surface area contributed by atoms with Crippen LogP contribution in [-0.4, -0.2) is 18.0 Å². The molecule has 1 atom stereocenters.